The smallest absolute Gasteiger partial charge is 0.258 e. The van der Waals surface area contributed by atoms with Gasteiger partial charge < -0.3 is 4.90 Å². The molecule has 2 amide bonds. The molecule has 0 aromatic rings. The summed E-state index contributed by atoms with van der Waals surface area (Å²) in [7, 11) is 1.54. The largest absolute Gasteiger partial charge is 0.377 e. The second-order valence-electron chi connectivity index (χ2n) is 4.19. The Hall–Kier alpha value is -1.32. The molecule has 82 valence electrons. The third-order valence-electron chi connectivity index (χ3n) is 3.02. The fourth-order valence-corrected chi connectivity index (χ4v) is 2.05. The Balaban J connectivity index is 2.07. The van der Waals surface area contributed by atoms with Gasteiger partial charge in [0, 0.05) is 31.9 Å². The Morgan fingerprint density at radius 1 is 1.13 bits per heavy atom. The molecule has 0 aliphatic carbocycles. The van der Waals surface area contributed by atoms with Crippen LogP contribution in [0.5, 0.6) is 0 Å². The minimum absolute atomic E-state index is 0.0942. The van der Waals surface area contributed by atoms with Gasteiger partial charge in [-0.15, -0.1) is 0 Å². The second-order valence-corrected chi connectivity index (χ2v) is 4.19. The third-order valence-corrected chi connectivity index (χ3v) is 3.02. The zero-order valence-electron chi connectivity index (χ0n) is 9.03. The SMILES string of the molecule is CN1C(=O)C/C(=C/N2CCCCC2)C1=O. The van der Waals surface area contributed by atoms with E-state index in [-0.39, 0.29) is 18.2 Å². The zero-order valence-corrected chi connectivity index (χ0v) is 9.03. The molecule has 0 spiro atoms. The van der Waals surface area contributed by atoms with E-state index in [1.54, 1.807) is 7.05 Å². The fourth-order valence-electron chi connectivity index (χ4n) is 2.05. The van der Waals surface area contributed by atoms with E-state index in [2.05, 4.69) is 4.90 Å². The molecule has 2 heterocycles. The standard InChI is InChI=1S/C11H16N2O2/c1-12-10(14)7-9(11(12)15)8-13-5-3-2-4-6-13/h8H,2-7H2,1H3/b9-8-. The van der Waals surface area contributed by atoms with Crippen LogP contribution in [0.15, 0.2) is 11.8 Å². The van der Waals surface area contributed by atoms with Crippen LogP contribution in [-0.4, -0.2) is 41.8 Å². The van der Waals surface area contributed by atoms with E-state index in [0.717, 1.165) is 13.1 Å². The number of piperidine rings is 1. The van der Waals surface area contributed by atoms with Crippen LogP contribution in [0.2, 0.25) is 0 Å². The second kappa shape index (κ2) is 4.04. The highest BCUT2D eigenvalue weighted by atomic mass is 16.2. The summed E-state index contributed by atoms with van der Waals surface area (Å²) in [4.78, 5) is 26.2. The Labute approximate surface area is 89.5 Å². The predicted octanol–water partition coefficient (Wildman–Crippen LogP) is 0.745. The molecule has 0 atom stereocenters. The molecule has 0 N–H and O–H groups in total. The van der Waals surface area contributed by atoms with Gasteiger partial charge in [0.05, 0.1) is 6.42 Å². The molecule has 0 aromatic heterocycles. The molecule has 0 unspecified atom stereocenters. The summed E-state index contributed by atoms with van der Waals surface area (Å²) in [6.45, 7) is 2.02. The van der Waals surface area contributed by atoms with Gasteiger partial charge >= 0.3 is 0 Å². The predicted molar refractivity (Wildman–Crippen MR) is 55.9 cm³/mol. The number of carbonyl (C=O) groups excluding carboxylic acids is 2. The topological polar surface area (TPSA) is 40.6 Å². The molecule has 2 aliphatic heterocycles. The van der Waals surface area contributed by atoms with Crippen LogP contribution < -0.4 is 0 Å². The highest BCUT2D eigenvalue weighted by Crippen LogP contribution is 2.19. The highest BCUT2D eigenvalue weighted by Gasteiger charge is 2.31. The van der Waals surface area contributed by atoms with E-state index in [0.29, 0.717) is 5.57 Å². The lowest BCUT2D eigenvalue weighted by molar-refractivity contribution is -0.135. The maximum Gasteiger partial charge on any atom is 0.258 e. The lowest BCUT2D eigenvalue weighted by Crippen LogP contribution is -2.27. The van der Waals surface area contributed by atoms with Gasteiger partial charge in [0.2, 0.25) is 5.91 Å². The molecule has 2 saturated heterocycles. The van der Waals surface area contributed by atoms with E-state index in [1.165, 1.54) is 24.2 Å². The summed E-state index contributed by atoms with van der Waals surface area (Å²) in [5.41, 5.74) is 0.643. The molecule has 0 aromatic carbocycles. The van der Waals surface area contributed by atoms with Crippen molar-refractivity contribution < 1.29 is 9.59 Å². The molecule has 4 heteroatoms. The van der Waals surface area contributed by atoms with Crippen molar-refractivity contribution >= 4 is 11.8 Å². The van der Waals surface area contributed by atoms with E-state index in [4.69, 9.17) is 0 Å². The van der Waals surface area contributed by atoms with Crippen molar-refractivity contribution in [3.63, 3.8) is 0 Å². The van der Waals surface area contributed by atoms with Crippen LogP contribution in [0.4, 0.5) is 0 Å². The molecule has 0 saturated carbocycles. The summed E-state index contributed by atoms with van der Waals surface area (Å²) >= 11 is 0. The average molecular weight is 208 g/mol. The number of likely N-dealkylation sites (N-methyl/N-ethyl adjacent to an activating group) is 1. The normalized spacial score (nSPS) is 25.5. The van der Waals surface area contributed by atoms with Crippen molar-refractivity contribution in [3.05, 3.63) is 11.8 Å². The summed E-state index contributed by atoms with van der Waals surface area (Å²) in [5, 5.41) is 0. The first-order chi connectivity index (χ1) is 7.18. The Morgan fingerprint density at radius 3 is 2.33 bits per heavy atom. The molecule has 2 rings (SSSR count). The minimum Gasteiger partial charge on any atom is -0.377 e. The summed E-state index contributed by atoms with van der Waals surface area (Å²) < 4.78 is 0. The number of hydrogen-bond acceptors (Lipinski definition) is 3. The van der Waals surface area contributed by atoms with Crippen molar-refractivity contribution in [2.75, 3.05) is 20.1 Å². The number of likely N-dealkylation sites (tertiary alicyclic amines) is 2. The van der Waals surface area contributed by atoms with Gasteiger partial charge in [0.25, 0.3) is 5.91 Å². The van der Waals surface area contributed by atoms with Gasteiger partial charge in [-0.25, -0.2) is 0 Å². The van der Waals surface area contributed by atoms with Crippen molar-refractivity contribution in [2.45, 2.75) is 25.7 Å². The van der Waals surface area contributed by atoms with Gasteiger partial charge in [-0.2, -0.15) is 0 Å². The monoisotopic (exact) mass is 208 g/mol. The van der Waals surface area contributed by atoms with Crippen molar-refractivity contribution in [2.24, 2.45) is 0 Å². The maximum absolute atomic E-state index is 11.6. The summed E-state index contributed by atoms with van der Waals surface area (Å²) in [6.07, 6.45) is 5.78. The quantitative estimate of drug-likeness (QED) is 0.471. The van der Waals surface area contributed by atoms with Crippen LogP contribution in [-0.2, 0) is 9.59 Å². The van der Waals surface area contributed by atoms with Crippen LogP contribution in [0.3, 0.4) is 0 Å². The number of amides is 2. The first-order valence-electron chi connectivity index (χ1n) is 5.44. The van der Waals surface area contributed by atoms with Gasteiger partial charge in [0.15, 0.2) is 0 Å². The average Bonchev–Trinajstić information content (AvgIpc) is 2.48. The molecule has 2 fully saturated rings. The first kappa shape index (κ1) is 10.2. The number of nitrogens with zero attached hydrogens (tertiary/aromatic N) is 2. The molecular weight excluding hydrogens is 192 g/mol. The molecule has 4 nitrogen and oxygen atoms in total. The van der Waals surface area contributed by atoms with Gasteiger partial charge in [0.1, 0.15) is 0 Å². The van der Waals surface area contributed by atoms with Crippen molar-refractivity contribution in [3.8, 4) is 0 Å². The van der Waals surface area contributed by atoms with Crippen LogP contribution in [0.25, 0.3) is 0 Å². The van der Waals surface area contributed by atoms with E-state index >= 15 is 0 Å². The highest BCUT2D eigenvalue weighted by molar-refractivity contribution is 6.12. The minimum atomic E-state index is -0.134. The Kier molecular flexibility index (Phi) is 2.75. The van der Waals surface area contributed by atoms with Crippen LogP contribution in [0.1, 0.15) is 25.7 Å². The molecule has 15 heavy (non-hydrogen) atoms. The number of carbonyl (C=O) groups is 2. The van der Waals surface area contributed by atoms with E-state index < -0.39 is 0 Å². The third kappa shape index (κ3) is 2.03. The van der Waals surface area contributed by atoms with Crippen molar-refractivity contribution in [1.82, 2.24) is 9.80 Å². The molecular formula is C11H16N2O2. The van der Waals surface area contributed by atoms with E-state index in [1.807, 2.05) is 6.20 Å². The van der Waals surface area contributed by atoms with Crippen molar-refractivity contribution in [1.29, 1.82) is 0 Å². The first-order valence-corrected chi connectivity index (χ1v) is 5.44. The number of rotatable bonds is 1. The number of imide groups is 1. The summed E-state index contributed by atoms with van der Waals surface area (Å²) in [6, 6.07) is 0. The molecule has 2 aliphatic rings. The zero-order chi connectivity index (χ0) is 10.8. The van der Waals surface area contributed by atoms with E-state index in [9.17, 15) is 9.59 Å². The molecule has 0 radical (unpaired) electrons. The van der Waals surface area contributed by atoms with Crippen LogP contribution >= 0.6 is 0 Å². The lowest BCUT2D eigenvalue weighted by atomic mass is 10.1. The lowest BCUT2D eigenvalue weighted by Gasteiger charge is -2.25. The van der Waals surface area contributed by atoms with Gasteiger partial charge in [-0.05, 0) is 19.3 Å². The Bertz CT molecular complexity index is 317. The summed E-state index contributed by atoms with van der Waals surface area (Å²) in [5.74, 6) is -0.228. The maximum atomic E-state index is 11.6. The number of hydrogen-bond donors (Lipinski definition) is 0. The van der Waals surface area contributed by atoms with Crippen LogP contribution in [0, 0.1) is 0 Å². The van der Waals surface area contributed by atoms with Gasteiger partial charge in [-0.3, -0.25) is 14.5 Å². The van der Waals surface area contributed by atoms with Gasteiger partial charge in [-0.1, -0.05) is 0 Å². The molecule has 0 bridgehead atoms. The Morgan fingerprint density at radius 2 is 1.80 bits per heavy atom. The fraction of sp³-hybridized carbons (Fsp3) is 0.636.